The molecule has 0 unspecified atom stereocenters. The Balaban J connectivity index is 1.36. The molecule has 4 heterocycles. The van der Waals surface area contributed by atoms with Crippen molar-refractivity contribution < 1.29 is 9.18 Å². The molecule has 11 heteroatoms. The minimum Gasteiger partial charge on any atom is -0.365 e. The number of rotatable bonds is 5. The van der Waals surface area contributed by atoms with Gasteiger partial charge in [0.15, 0.2) is 11.6 Å². The molecule has 0 bridgehead atoms. The van der Waals surface area contributed by atoms with Crippen LogP contribution >= 0.6 is 0 Å². The maximum atomic E-state index is 14.9. The highest BCUT2D eigenvalue weighted by molar-refractivity contribution is 5.93. The normalized spacial score (nSPS) is 17.9. The summed E-state index contributed by atoms with van der Waals surface area (Å²) >= 11 is 0. The second-order valence-electron chi connectivity index (χ2n) is 8.42. The number of imidazole rings is 1. The molecule has 0 saturated heterocycles. The number of halogens is 1. The second-order valence-corrected chi connectivity index (χ2v) is 8.42. The van der Waals surface area contributed by atoms with E-state index in [0.717, 1.165) is 19.3 Å². The van der Waals surface area contributed by atoms with E-state index in [4.69, 9.17) is 0 Å². The van der Waals surface area contributed by atoms with Gasteiger partial charge in [0.05, 0.1) is 17.6 Å². The lowest BCUT2D eigenvalue weighted by molar-refractivity contribution is 0.0921. The summed E-state index contributed by atoms with van der Waals surface area (Å²) in [7, 11) is 1.81. The van der Waals surface area contributed by atoms with Crippen LogP contribution in [0.3, 0.4) is 0 Å². The zero-order valence-electron chi connectivity index (χ0n) is 18.4. The number of aromatic amines is 1. The van der Waals surface area contributed by atoms with Crippen LogP contribution in [0, 0.1) is 17.1 Å². The first-order chi connectivity index (χ1) is 16.5. The van der Waals surface area contributed by atoms with Crippen LogP contribution in [-0.2, 0) is 7.05 Å². The third kappa shape index (κ3) is 4.17. The number of pyridine rings is 1. The SMILES string of the molecule is Cn1cnc(C(=O)N[C@@H]2CCC[C@@H](Nc3nc(-c4c[nH]c5ncncc45)c(C#N)cc3F)C2)c1. The van der Waals surface area contributed by atoms with Gasteiger partial charge < -0.3 is 20.2 Å². The van der Waals surface area contributed by atoms with E-state index in [-0.39, 0.29) is 29.4 Å². The number of amides is 1. The molecule has 4 aromatic rings. The van der Waals surface area contributed by atoms with Crippen molar-refractivity contribution in [1.29, 1.82) is 5.26 Å². The van der Waals surface area contributed by atoms with Gasteiger partial charge >= 0.3 is 0 Å². The van der Waals surface area contributed by atoms with Crippen LogP contribution in [0.25, 0.3) is 22.3 Å². The van der Waals surface area contributed by atoms with Gasteiger partial charge in [0.2, 0.25) is 0 Å². The number of carbonyl (C=O) groups is 1. The van der Waals surface area contributed by atoms with Crippen molar-refractivity contribution in [3.8, 4) is 17.3 Å². The number of hydrogen-bond acceptors (Lipinski definition) is 7. The largest absolute Gasteiger partial charge is 0.365 e. The average molecular weight is 459 g/mol. The summed E-state index contributed by atoms with van der Waals surface area (Å²) in [4.78, 5) is 32.3. The number of aromatic nitrogens is 6. The second kappa shape index (κ2) is 8.90. The Morgan fingerprint density at radius 1 is 1.32 bits per heavy atom. The van der Waals surface area contributed by atoms with Crippen molar-refractivity contribution in [2.24, 2.45) is 7.05 Å². The third-order valence-electron chi connectivity index (χ3n) is 6.00. The highest BCUT2D eigenvalue weighted by Gasteiger charge is 2.26. The van der Waals surface area contributed by atoms with Crippen LogP contribution < -0.4 is 10.6 Å². The topological polar surface area (TPSA) is 137 Å². The Kier molecular flexibility index (Phi) is 5.63. The Hall–Kier alpha value is -4.33. The fourth-order valence-corrected chi connectivity index (χ4v) is 4.37. The van der Waals surface area contributed by atoms with E-state index in [9.17, 15) is 14.4 Å². The van der Waals surface area contributed by atoms with E-state index < -0.39 is 5.82 Å². The number of nitrogens with one attached hydrogen (secondary N) is 3. The maximum Gasteiger partial charge on any atom is 0.271 e. The van der Waals surface area contributed by atoms with Gasteiger partial charge in [-0.05, 0) is 31.7 Å². The van der Waals surface area contributed by atoms with Crippen LogP contribution in [-0.4, -0.2) is 47.5 Å². The Labute approximate surface area is 194 Å². The highest BCUT2D eigenvalue weighted by Crippen LogP contribution is 2.31. The quantitative estimate of drug-likeness (QED) is 0.417. The standard InChI is InChI=1S/C23H22FN9O/c1-33-10-19(29-12-33)23(34)31-15-4-2-3-14(6-15)30-22-18(24)5-13(7-25)20(32-22)16-9-27-21-17(16)8-26-11-28-21/h5,8-12,14-15H,2-4,6H2,1H3,(H,30,32)(H,31,34)(H,26,27,28)/t14-,15-/m1/s1. The zero-order chi connectivity index (χ0) is 23.7. The minimum absolute atomic E-state index is 0.0626. The molecule has 0 aromatic carbocycles. The zero-order valence-corrected chi connectivity index (χ0v) is 18.4. The first-order valence-corrected chi connectivity index (χ1v) is 10.9. The molecule has 172 valence electrons. The fraction of sp³-hybridized carbons (Fsp3) is 0.304. The molecular weight excluding hydrogens is 437 g/mol. The molecule has 0 spiro atoms. The number of nitriles is 1. The van der Waals surface area contributed by atoms with E-state index in [1.54, 1.807) is 36.5 Å². The Morgan fingerprint density at radius 3 is 2.97 bits per heavy atom. The van der Waals surface area contributed by atoms with E-state index in [1.165, 1.54) is 12.4 Å². The predicted octanol–water partition coefficient (Wildman–Crippen LogP) is 2.92. The lowest BCUT2D eigenvalue weighted by Crippen LogP contribution is -2.42. The van der Waals surface area contributed by atoms with E-state index in [0.29, 0.717) is 34.4 Å². The molecule has 3 N–H and O–H groups in total. The van der Waals surface area contributed by atoms with E-state index in [2.05, 4.69) is 35.6 Å². The molecule has 34 heavy (non-hydrogen) atoms. The van der Waals surface area contributed by atoms with Gasteiger partial charge in [0.25, 0.3) is 5.91 Å². The van der Waals surface area contributed by atoms with Crippen molar-refractivity contribution in [2.75, 3.05) is 5.32 Å². The molecule has 1 saturated carbocycles. The van der Waals surface area contributed by atoms with Crippen LogP contribution in [0.2, 0.25) is 0 Å². The molecule has 1 amide bonds. The maximum absolute atomic E-state index is 14.9. The number of hydrogen-bond donors (Lipinski definition) is 3. The summed E-state index contributed by atoms with van der Waals surface area (Å²) in [5.41, 5.74) is 2.07. The van der Waals surface area contributed by atoms with Gasteiger partial charge in [-0.2, -0.15) is 5.26 Å². The third-order valence-corrected chi connectivity index (χ3v) is 6.00. The molecule has 1 aliphatic rings. The minimum atomic E-state index is -0.601. The number of H-pyrrole nitrogens is 1. The Bertz CT molecular complexity index is 1400. The van der Waals surface area contributed by atoms with Gasteiger partial charge in [0.1, 0.15) is 23.7 Å². The van der Waals surface area contributed by atoms with Gasteiger partial charge in [0, 0.05) is 48.7 Å². The number of fused-ring (bicyclic) bond motifs is 1. The van der Waals surface area contributed by atoms with Gasteiger partial charge in [-0.15, -0.1) is 0 Å². The van der Waals surface area contributed by atoms with Crippen LogP contribution in [0.1, 0.15) is 41.7 Å². The summed E-state index contributed by atoms with van der Waals surface area (Å²) < 4.78 is 16.6. The van der Waals surface area contributed by atoms with Gasteiger partial charge in [-0.25, -0.2) is 24.3 Å². The predicted molar refractivity (Wildman–Crippen MR) is 122 cm³/mol. The monoisotopic (exact) mass is 459 g/mol. The first-order valence-electron chi connectivity index (χ1n) is 10.9. The van der Waals surface area contributed by atoms with Crippen molar-refractivity contribution in [2.45, 2.75) is 37.8 Å². The summed E-state index contributed by atoms with van der Waals surface area (Å²) in [6.45, 7) is 0. The molecular formula is C23H22FN9O. The fourth-order valence-electron chi connectivity index (χ4n) is 4.37. The van der Waals surface area contributed by atoms with Gasteiger partial charge in [-0.1, -0.05) is 0 Å². The summed E-state index contributed by atoms with van der Waals surface area (Å²) in [6.07, 6.45) is 11.1. The van der Waals surface area contributed by atoms with Crippen molar-refractivity contribution in [1.82, 2.24) is 34.8 Å². The van der Waals surface area contributed by atoms with Crippen molar-refractivity contribution in [3.05, 3.63) is 54.4 Å². The smallest absolute Gasteiger partial charge is 0.271 e. The number of aryl methyl sites for hydroxylation is 1. The molecule has 1 aliphatic carbocycles. The number of nitrogens with zero attached hydrogens (tertiary/aromatic N) is 6. The molecule has 10 nitrogen and oxygen atoms in total. The van der Waals surface area contributed by atoms with Gasteiger partial charge in [-0.3, -0.25) is 4.79 Å². The van der Waals surface area contributed by atoms with Crippen LogP contribution in [0.15, 0.2) is 37.3 Å². The van der Waals surface area contributed by atoms with Crippen LogP contribution in [0.4, 0.5) is 10.2 Å². The lowest BCUT2D eigenvalue weighted by atomic mass is 9.90. The summed E-state index contributed by atoms with van der Waals surface area (Å²) in [5, 5.41) is 16.5. The van der Waals surface area contributed by atoms with Crippen molar-refractivity contribution >= 4 is 22.8 Å². The molecule has 2 atom stereocenters. The Morgan fingerprint density at radius 2 is 2.18 bits per heavy atom. The van der Waals surface area contributed by atoms with Crippen molar-refractivity contribution in [3.63, 3.8) is 0 Å². The summed E-state index contributed by atoms with van der Waals surface area (Å²) in [6, 6.07) is 3.07. The molecule has 5 rings (SSSR count). The highest BCUT2D eigenvalue weighted by atomic mass is 19.1. The summed E-state index contributed by atoms with van der Waals surface area (Å²) in [5.74, 6) is -0.754. The number of anilines is 1. The first kappa shape index (κ1) is 21.5. The average Bonchev–Trinajstić information content (AvgIpc) is 3.47. The molecule has 4 aromatic heterocycles. The lowest BCUT2D eigenvalue weighted by Gasteiger charge is -2.30. The molecule has 0 radical (unpaired) electrons. The van der Waals surface area contributed by atoms with Crippen LogP contribution in [0.5, 0.6) is 0 Å². The molecule has 1 fully saturated rings. The number of carbonyl (C=O) groups excluding carboxylic acids is 1. The van der Waals surface area contributed by atoms with E-state index in [1.807, 2.05) is 6.07 Å². The molecule has 0 aliphatic heterocycles. The van der Waals surface area contributed by atoms with E-state index >= 15 is 0 Å².